The quantitative estimate of drug-likeness (QED) is 0.529. The lowest BCUT2D eigenvalue weighted by atomic mass is 10.1. The summed E-state index contributed by atoms with van der Waals surface area (Å²) in [6.07, 6.45) is 4.29. The van der Waals surface area contributed by atoms with Crippen LogP contribution in [-0.4, -0.2) is 11.1 Å². The van der Waals surface area contributed by atoms with Crippen molar-refractivity contribution >= 4 is 5.97 Å². The molecule has 3 heteroatoms. The van der Waals surface area contributed by atoms with Gasteiger partial charge in [0.1, 0.15) is 0 Å². The van der Waals surface area contributed by atoms with Crippen LogP contribution in [0.5, 0.6) is 0 Å². The molecule has 0 aromatic carbocycles. The van der Waals surface area contributed by atoms with E-state index in [1.54, 1.807) is 0 Å². The Hall–Kier alpha value is -1.12. The minimum atomic E-state index is -1.00. The molecular formula is C10H15FO2. The molecule has 1 N–H and O–H groups in total. The Morgan fingerprint density at radius 1 is 1.54 bits per heavy atom. The Morgan fingerprint density at radius 3 is 2.54 bits per heavy atom. The molecule has 0 radical (unpaired) electrons. The number of unbranched alkanes of at least 4 members (excludes halogenated alkanes) is 1. The second-order valence-electron chi connectivity index (χ2n) is 2.92. The fraction of sp³-hybridized carbons (Fsp3) is 0.500. The van der Waals surface area contributed by atoms with Gasteiger partial charge in [0.05, 0.1) is 6.33 Å². The summed E-state index contributed by atoms with van der Waals surface area (Å²) < 4.78 is 12.2. The van der Waals surface area contributed by atoms with Crippen molar-refractivity contribution in [2.24, 2.45) is 0 Å². The van der Waals surface area contributed by atoms with Gasteiger partial charge in [-0.3, -0.25) is 0 Å². The SMILES string of the molecule is CCCCC(=CF)C=C(C)C(=O)O. The van der Waals surface area contributed by atoms with Gasteiger partial charge >= 0.3 is 5.97 Å². The Bertz CT molecular complexity index is 229. The molecule has 0 aliphatic heterocycles. The predicted octanol–water partition coefficient (Wildman–Crippen LogP) is 3.06. The van der Waals surface area contributed by atoms with Crippen LogP contribution in [-0.2, 0) is 4.79 Å². The summed E-state index contributed by atoms with van der Waals surface area (Å²) in [7, 11) is 0. The summed E-state index contributed by atoms with van der Waals surface area (Å²) >= 11 is 0. The summed E-state index contributed by atoms with van der Waals surface area (Å²) in [5.41, 5.74) is 0.613. The van der Waals surface area contributed by atoms with Crippen LogP contribution < -0.4 is 0 Å². The summed E-state index contributed by atoms with van der Waals surface area (Å²) in [4.78, 5) is 10.4. The molecule has 0 spiro atoms. The standard InChI is InChI=1S/C10H15FO2/c1-3-4-5-9(7-11)6-8(2)10(12)13/h6-7H,3-5H2,1-2H3,(H,12,13). The fourth-order valence-electron chi connectivity index (χ4n) is 0.879. The zero-order valence-corrected chi connectivity index (χ0v) is 8.01. The van der Waals surface area contributed by atoms with E-state index >= 15 is 0 Å². The van der Waals surface area contributed by atoms with E-state index in [2.05, 4.69) is 0 Å². The monoisotopic (exact) mass is 186 g/mol. The van der Waals surface area contributed by atoms with Gasteiger partial charge in [-0.15, -0.1) is 0 Å². The van der Waals surface area contributed by atoms with Crippen LogP contribution in [0.15, 0.2) is 23.6 Å². The van der Waals surface area contributed by atoms with Crippen molar-refractivity contribution in [2.45, 2.75) is 33.1 Å². The molecule has 0 bridgehead atoms. The van der Waals surface area contributed by atoms with Crippen molar-refractivity contribution in [1.29, 1.82) is 0 Å². The van der Waals surface area contributed by atoms with Gasteiger partial charge in [-0.2, -0.15) is 0 Å². The molecule has 74 valence electrons. The number of hydrogen-bond donors (Lipinski definition) is 1. The molecule has 0 amide bonds. The maximum atomic E-state index is 12.2. The van der Waals surface area contributed by atoms with Gasteiger partial charge in [-0.05, 0) is 31.4 Å². The van der Waals surface area contributed by atoms with Crippen molar-refractivity contribution in [3.63, 3.8) is 0 Å². The van der Waals surface area contributed by atoms with Gasteiger partial charge in [0.25, 0.3) is 0 Å². The van der Waals surface area contributed by atoms with E-state index in [1.165, 1.54) is 13.0 Å². The van der Waals surface area contributed by atoms with E-state index in [0.29, 0.717) is 18.3 Å². The van der Waals surface area contributed by atoms with Crippen LogP contribution in [0.25, 0.3) is 0 Å². The highest BCUT2D eigenvalue weighted by molar-refractivity contribution is 5.86. The number of rotatable bonds is 5. The van der Waals surface area contributed by atoms with E-state index in [0.717, 1.165) is 12.8 Å². The zero-order chi connectivity index (χ0) is 10.3. The lowest BCUT2D eigenvalue weighted by molar-refractivity contribution is -0.132. The smallest absolute Gasteiger partial charge is 0.331 e. The summed E-state index contributed by atoms with van der Waals surface area (Å²) in [6.45, 7) is 3.46. The molecule has 0 rings (SSSR count). The third-order valence-electron chi connectivity index (χ3n) is 1.70. The molecule has 0 saturated heterocycles. The van der Waals surface area contributed by atoms with E-state index < -0.39 is 5.97 Å². The minimum absolute atomic E-state index is 0.167. The van der Waals surface area contributed by atoms with Gasteiger partial charge in [0, 0.05) is 5.57 Å². The van der Waals surface area contributed by atoms with Gasteiger partial charge in [0.15, 0.2) is 0 Å². The summed E-state index contributed by atoms with van der Waals surface area (Å²) in [6, 6.07) is 0. The largest absolute Gasteiger partial charge is 0.478 e. The van der Waals surface area contributed by atoms with Crippen LogP contribution >= 0.6 is 0 Å². The lowest BCUT2D eigenvalue weighted by Gasteiger charge is -1.99. The van der Waals surface area contributed by atoms with Gasteiger partial charge in [0.2, 0.25) is 0 Å². The minimum Gasteiger partial charge on any atom is -0.478 e. The van der Waals surface area contributed by atoms with Crippen LogP contribution in [0.4, 0.5) is 4.39 Å². The van der Waals surface area contributed by atoms with Crippen LogP contribution in [0.3, 0.4) is 0 Å². The molecule has 2 nitrogen and oxygen atoms in total. The Labute approximate surface area is 77.8 Å². The average Bonchev–Trinajstić information content (AvgIpc) is 2.11. The molecule has 0 heterocycles. The van der Waals surface area contributed by atoms with Crippen molar-refractivity contribution < 1.29 is 14.3 Å². The molecule has 13 heavy (non-hydrogen) atoms. The van der Waals surface area contributed by atoms with Gasteiger partial charge in [-0.1, -0.05) is 13.3 Å². The maximum Gasteiger partial charge on any atom is 0.331 e. The van der Waals surface area contributed by atoms with Crippen molar-refractivity contribution in [1.82, 2.24) is 0 Å². The number of halogens is 1. The number of allylic oxidation sites excluding steroid dienone is 2. The molecule has 0 aromatic rings. The third kappa shape index (κ3) is 5.17. The number of carboxylic acid groups (broad SMARTS) is 1. The number of carbonyl (C=O) groups is 1. The number of aliphatic carboxylic acids is 1. The van der Waals surface area contributed by atoms with E-state index in [9.17, 15) is 9.18 Å². The van der Waals surface area contributed by atoms with E-state index in [1.807, 2.05) is 6.92 Å². The highest BCUT2D eigenvalue weighted by Gasteiger charge is 2.01. The summed E-state index contributed by atoms with van der Waals surface area (Å²) in [5.74, 6) is -1.00. The molecule has 0 saturated carbocycles. The second-order valence-corrected chi connectivity index (χ2v) is 2.92. The Balaban J connectivity index is 4.28. The fourth-order valence-corrected chi connectivity index (χ4v) is 0.879. The first-order valence-corrected chi connectivity index (χ1v) is 4.32. The first kappa shape index (κ1) is 11.9. The van der Waals surface area contributed by atoms with Gasteiger partial charge in [-0.25, -0.2) is 9.18 Å². The van der Waals surface area contributed by atoms with Crippen LogP contribution in [0, 0.1) is 0 Å². The van der Waals surface area contributed by atoms with Crippen molar-refractivity contribution in [3.05, 3.63) is 23.6 Å². The lowest BCUT2D eigenvalue weighted by Crippen LogP contribution is -1.96. The van der Waals surface area contributed by atoms with Crippen molar-refractivity contribution in [2.75, 3.05) is 0 Å². The zero-order valence-electron chi connectivity index (χ0n) is 8.01. The molecule has 0 aliphatic rings. The highest BCUT2D eigenvalue weighted by Crippen LogP contribution is 2.11. The first-order valence-electron chi connectivity index (χ1n) is 4.32. The first-order chi connectivity index (χ1) is 6.11. The molecule has 0 unspecified atom stereocenters. The molecule has 0 aliphatic carbocycles. The van der Waals surface area contributed by atoms with Crippen LogP contribution in [0.2, 0.25) is 0 Å². The Kier molecular flexibility index (Phi) is 5.85. The highest BCUT2D eigenvalue weighted by atomic mass is 19.1. The normalized spacial score (nSPS) is 13.2. The molecular weight excluding hydrogens is 171 g/mol. The molecule has 0 fully saturated rings. The number of hydrogen-bond acceptors (Lipinski definition) is 1. The van der Waals surface area contributed by atoms with Crippen LogP contribution in [0.1, 0.15) is 33.1 Å². The molecule has 0 atom stereocenters. The summed E-state index contributed by atoms with van der Waals surface area (Å²) in [5, 5.41) is 8.53. The van der Waals surface area contributed by atoms with E-state index in [-0.39, 0.29) is 5.57 Å². The maximum absolute atomic E-state index is 12.2. The number of carboxylic acids is 1. The third-order valence-corrected chi connectivity index (χ3v) is 1.70. The van der Waals surface area contributed by atoms with Gasteiger partial charge < -0.3 is 5.11 Å². The average molecular weight is 186 g/mol. The Morgan fingerprint density at radius 2 is 2.15 bits per heavy atom. The predicted molar refractivity (Wildman–Crippen MR) is 50.1 cm³/mol. The topological polar surface area (TPSA) is 37.3 Å². The molecule has 0 aromatic heterocycles. The second kappa shape index (κ2) is 6.40. The van der Waals surface area contributed by atoms with E-state index in [4.69, 9.17) is 5.11 Å². The van der Waals surface area contributed by atoms with Crippen molar-refractivity contribution in [3.8, 4) is 0 Å².